The molecule has 2 aromatic rings. The Bertz CT molecular complexity index is 453. The molecule has 1 N–H and O–H groups in total. The van der Waals surface area contributed by atoms with E-state index in [0.717, 1.165) is 12.4 Å². The summed E-state index contributed by atoms with van der Waals surface area (Å²) >= 11 is 5.66. The smallest absolute Gasteiger partial charge is 0.224 e. The third-order valence-corrected chi connectivity index (χ3v) is 2.03. The van der Waals surface area contributed by atoms with Gasteiger partial charge in [0.1, 0.15) is 5.82 Å². The van der Waals surface area contributed by atoms with Crippen molar-refractivity contribution in [2.24, 2.45) is 0 Å². The number of aromatic nitrogens is 4. The first-order chi connectivity index (χ1) is 7.28. The van der Waals surface area contributed by atoms with Crippen molar-refractivity contribution in [3.05, 3.63) is 29.8 Å². The predicted octanol–water partition coefficient (Wildman–Crippen LogP) is 2.09. The van der Waals surface area contributed by atoms with Gasteiger partial charge in [0.2, 0.25) is 5.28 Å². The lowest BCUT2D eigenvalue weighted by Crippen LogP contribution is -1.98. The molecule has 15 heavy (non-hydrogen) atoms. The molecule has 0 aliphatic heterocycles. The van der Waals surface area contributed by atoms with Crippen LogP contribution in [0.5, 0.6) is 0 Å². The summed E-state index contributed by atoms with van der Waals surface area (Å²) in [5, 5.41) is 7.51. The Labute approximate surface area is 92.1 Å². The zero-order chi connectivity index (χ0) is 10.7. The van der Waals surface area contributed by atoms with E-state index in [-0.39, 0.29) is 5.28 Å². The first-order valence-electron chi connectivity index (χ1n) is 4.57. The van der Waals surface area contributed by atoms with Crippen LogP contribution in [0, 0.1) is 0 Å². The highest BCUT2D eigenvalue weighted by molar-refractivity contribution is 6.28. The summed E-state index contributed by atoms with van der Waals surface area (Å²) in [6, 6.07) is 3.61. The van der Waals surface area contributed by atoms with E-state index in [9.17, 15) is 0 Å². The fourth-order valence-corrected chi connectivity index (χ4v) is 1.29. The number of aryl methyl sites for hydroxylation is 1. The van der Waals surface area contributed by atoms with E-state index in [1.54, 1.807) is 12.3 Å². The maximum atomic E-state index is 5.66. The van der Waals surface area contributed by atoms with Crippen LogP contribution in [0.4, 0.5) is 11.6 Å². The average molecular weight is 224 g/mol. The van der Waals surface area contributed by atoms with Crippen molar-refractivity contribution in [1.82, 2.24) is 19.7 Å². The van der Waals surface area contributed by atoms with Crippen molar-refractivity contribution in [3.63, 3.8) is 0 Å². The molecule has 0 bridgehead atoms. The molecular formula is C9H10ClN5. The minimum atomic E-state index is 0.218. The molecule has 0 radical (unpaired) electrons. The van der Waals surface area contributed by atoms with Gasteiger partial charge in [0.15, 0.2) is 5.82 Å². The predicted molar refractivity (Wildman–Crippen MR) is 58.2 cm³/mol. The molecule has 0 aliphatic rings. The molecule has 2 rings (SSSR count). The van der Waals surface area contributed by atoms with Gasteiger partial charge in [0, 0.05) is 25.0 Å². The van der Waals surface area contributed by atoms with E-state index < -0.39 is 0 Å². The van der Waals surface area contributed by atoms with E-state index in [4.69, 9.17) is 11.6 Å². The minimum Gasteiger partial charge on any atom is -0.323 e. The summed E-state index contributed by atoms with van der Waals surface area (Å²) in [5.74, 6) is 1.38. The molecule has 78 valence electrons. The number of hydrogen-bond acceptors (Lipinski definition) is 4. The molecule has 0 unspecified atom stereocenters. The Morgan fingerprint density at radius 2 is 2.27 bits per heavy atom. The average Bonchev–Trinajstić information content (AvgIpc) is 2.65. The van der Waals surface area contributed by atoms with E-state index in [1.165, 1.54) is 0 Å². The number of anilines is 2. The number of nitrogens with zero attached hydrogens (tertiary/aromatic N) is 4. The molecular weight excluding hydrogens is 214 g/mol. The van der Waals surface area contributed by atoms with Crippen LogP contribution in [0.3, 0.4) is 0 Å². The quantitative estimate of drug-likeness (QED) is 0.810. The van der Waals surface area contributed by atoms with Gasteiger partial charge in [0.25, 0.3) is 0 Å². The Morgan fingerprint density at radius 3 is 2.93 bits per heavy atom. The monoisotopic (exact) mass is 223 g/mol. The second-order valence-corrected chi connectivity index (χ2v) is 3.23. The Balaban J connectivity index is 2.14. The lowest BCUT2D eigenvalue weighted by Gasteiger charge is -2.00. The van der Waals surface area contributed by atoms with Crippen molar-refractivity contribution in [1.29, 1.82) is 0 Å². The molecule has 0 saturated carbocycles. The molecule has 0 saturated heterocycles. The maximum absolute atomic E-state index is 5.66. The fraction of sp³-hybridized carbons (Fsp3) is 0.222. The van der Waals surface area contributed by atoms with E-state index >= 15 is 0 Å². The van der Waals surface area contributed by atoms with Crippen LogP contribution in [0.1, 0.15) is 6.92 Å². The van der Waals surface area contributed by atoms with Crippen LogP contribution >= 0.6 is 11.6 Å². The Kier molecular flexibility index (Phi) is 2.82. The SMILES string of the molecule is CCn1ccc(Nc2ccnc(Cl)n2)n1. The summed E-state index contributed by atoms with van der Waals surface area (Å²) in [6.45, 7) is 2.87. The second-order valence-electron chi connectivity index (χ2n) is 2.89. The molecule has 6 heteroatoms. The van der Waals surface area contributed by atoms with Crippen molar-refractivity contribution < 1.29 is 0 Å². The largest absolute Gasteiger partial charge is 0.323 e. The van der Waals surface area contributed by atoms with Gasteiger partial charge in [-0.05, 0) is 24.6 Å². The van der Waals surface area contributed by atoms with E-state index in [0.29, 0.717) is 5.82 Å². The van der Waals surface area contributed by atoms with Crippen LogP contribution in [-0.2, 0) is 6.54 Å². The number of nitrogens with one attached hydrogen (secondary N) is 1. The van der Waals surface area contributed by atoms with Crippen molar-refractivity contribution in [3.8, 4) is 0 Å². The minimum absolute atomic E-state index is 0.218. The van der Waals surface area contributed by atoms with E-state index in [1.807, 2.05) is 23.9 Å². The molecule has 0 aromatic carbocycles. The van der Waals surface area contributed by atoms with Crippen LogP contribution in [0.25, 0.3) is 0 Å². The summed E-state index contributed by atoms with van der Waals surface area (Å²) < 4.78 is 1.82. The lowest BCUT2D eigenvalue weighted by molar-refractivity contribution is 0.662. The third kappa shape index (κ3) is 2.44. The number of hydrogen-bond donors (Lipinski definition) is 1. The van der Waals surface area contributed by atoms with Gasteiger partial charge in [0.05, 0.1) is 0 Å². The molecule has 0 fully saturated rings. The zero-order valence-electron chi connectivity index (χ0n) is 8.18. The maximum Gasteiger partial charge on any atom is 0.224 e. The van der Waals surface area contributed by atoms with Gasteiger partial charge in [-0.15, -0.1) is 0 Å². The summed E-state index contributed by atoms with van der Waals surface area (Å²) in [5.41, 5.74) is 0. The van der Waals surface area contributed by atoms with Crippen LogP contribution in [-0.4, -0.2) is 19.7 Å². The highest BCUT2D eigenvalue weighted by Crippen LogP contribution is 2.12. The van der Waals surface area contributed by atoms with Gasteiger partial charge in [-0.3, -0.25) is 4.68 Å². The van der Waals surface area contributed by atoms with Crippen molar-refractivity contribution in [2.45, 2.75) is 13.5 Å². The second kappa shape index (κ2) is 4.27. The van der Waals surface area contributed by atoms with Crippen molar-refractivity contribution >= 4 is 23.2 Å². The standard InChI is InChI=1S/C9H10ClN5/c1-2-15-6-4-8(14-15)12-7-3-5-11-9(10)13-7/h3-6H,2H2,1H3,(H,11,12,13,14). The van der Waals surface area contributed by atoms with Gasteiger partial charge in [-0.25, -0.2) is 9.97 Å². The van der Waals surface area contributed by atoms with Crippen LogP contribution in [0.2, 0.25) is 5.28 Å². The molecule has 5 nitrogen and oxygen atoms in total. The molecule has 0 atom stereocenters. The Hall–Kier alpha value is -1.62. The number of halogens is 1. The topological polar surface area (TPSA) is 55.6 Å². The van der Waals surface area contributed by atoms with E-state index in [2.05, 4.69) is 20.4 Å². The molecule has 0 spiro atoms. The molecule has 0 amide bonds. The van der Waals surface area contributed by atoms with Crippen LogP contribution < -0.4 is 5.32 Å². The van der Waals surface area contributed by atoms with Gasteiger partial charge >= 0.3 is 0 Å². The normalized spacial score (nSPS) is 10.3. The first-order valence-corrected chi connectivity index (χ1v) is 4.95. The molecule has 0 aliphatic carbocycles. The van der Waals surface area contributed by atoms with Gasteiger partial charge in [-0.1, -0.05) is 0 Å². The van der Waals surface area contributed by atoms with Gasteiger partial charge < -0.3 is 5.32 Å². The molecule has 2 heterocycles. The van der Waals surface area contributed by atoms with Crippen LogP contribution in [0.15, 0.2) is 24.5 Å². The summed E-state index contributed by atoms with van der Waals surface area (Å²) in [4.78, 5) is 7.79. The molecule has 2 aromatic heterocycles. The number of rotatable bonds is 3. The summed E-state index contributed by atoms with van der Waals surface area (Å²) in [6.07, 6.45) is 3.49. The highest BCUT2D eigenvalue weighted by atomic mass is 35.5. The Morgan fingerprint density at radius 1 is 1.40 bits per heavy atom. The fourth-order valence-electron chi connectivity index (χ4n) is 1.14. The zero-order valence-corrected chi connectivity index (χ0v) is 8.94. The van der Waals surface area contributed by atoms with Crippen molar-refractivity contribution in [2.75, 3.05) is 5.32 Å². The first kappa shape index (κ1) is 9.92. The third-order valence-electron chi connectivity index (χ3n) is 1.85. The summed E-state index contributed by atoms with van der Waals surface area (Å²) in [7, 11) is 0. The highest BCUT2D eigenvalue weighted by Gasteiger charge is 2.00. The lowest BCUT2D eigenvalue weighted by atomic mass is 10.5. The van der Waals surface area contributed by atoms with Gasteiger partial charge in [-0.2, -0.15) is 5.10 Å².